The molecule has 0 aromatic carbocycles. The Morgan fingerprint density at radius 2 is 1.28 bits per heavy atom. The zero-order valence-corrected chi connectivity index (χ0v) is 13.3. The topological polar surface area (TPSA) is 35.5 Å². The second-order valence-corrected chi connectivity index (χ2v) is 5.96. The summed E-state index contributed by atoms with van der Waals surface area (Å²) in [6, 6.07) is 0. The Kier molecular flexibility index (Phi) is 9.17. The largest absolute Gasteiger partial charge is 0.697 e. The van der Waals surface area contributed by atoms with Crippen LogP contribution in [0.3, 0.4) is 0 Å². The van der Waals surface area contributed by atoms with Crippen LogP contribution in [0.1, 0.15) is 54.4 Å². The fourth-order valence-electron chi connectivity index (χ4n) is 1.21. The summed E-state index contributed by atoms with van der Waals surface area (Å²) in [4.78, 5) is 0. The highest BCUT2D eigenvalue weighted by Crippen LogP contribution is 2.30. The molecule has 2 unspecified atom stereocenters. The van der Waals surface area contributed by atoms with Gasteiger partial charge < -0.3 is 0 Å². The minimum atomic E-state index is -2.03. The predicted octanol–water partition coefficient (Wildman–Crippen LogP) is 5.17. The molecule has 0 aromatic rings. The van der Waals surface area contributed by atoms with Gasteiger partial charge in [-0.2, -0.15) is 0 Å². The lowest BCUT2D eigenvalue weighted by atomic mass is 10.2. The SMILES string of the molecule is CC(C)=CCC(C)O[P+](=O)OC(C)CC=C(C)C. The number of hydrogen-bond acceptors (Lipinski definition) is 3. The Hall–Kier alpha value is -0.500. The zero-order valence-electron chi connectivity index (χ0n) is 12.4. The minimum Gasteiger partial charge on any atom is -0.116 e. The van der Waals surface area contributed by atoms with Gasteiger partial charge in [0.05, 0.1) is 0 Å². The molecule has 2 atom stereocenters. The Balaban J connectivity index is 3.96. The van der Waals surface area contributed by atoms with Crippen molar-refractivity contribution in [2.75, 3.05) is 0 Å². The second-order valence-electron chi connectivity index (χ2n) is 5.09. The standard InChI is InChI=1S/C14H26O3P/c1-11(2)7-9-13(5)16-18(15)17-14(6)10-8-12(3)4/h7-8,13-14H,9-10H2,1-6H3/q+1. The first-order valence-corrected chi connectivity index (χ1v) is 7.48. The molecule has 0 radical (unpaired) electrons. The average Bonchev–Trinajstić information content (AvgIpc) is 2.23. The molecule has 0 rings (SSSR count). The van der Waals surface area contributed by atoms with E-state index in [1.807, 2.05) is 41.5 Å². The van der Waals surface area contributed by atoms with Crippen molar-refractivity contribution < 1.29 is 13.6 Å². The van der Waals surface area contributed by atoms with Crippen molar-refractivity contribution in [3.63, 3.8) is 0 Å². The van der Waals surface area contributed by atoms with Crippen molar-refractivity contribution in [3.05, 3.63) is 23.3 Å². The molecule has 3 nitrogen and oxygen atoms in total. The smallest absolute Gasteiger partial charge is 0.116 e. The zero-order chi connectivity index (χ0) is 14.1. The lowest BCUT2D eigenvalue weighted by Gasteiger charge is -2.03. The van der Waals surface area contributed by atoms with Crippen LogP contribution in [0.25, 0.3) is 0 Å². The van der Waals surface area contributed by atoms with Crippen LogP contribution in [0.5, 0.6) is 0 Å². The minimum absolute atomic E-state index is 0.0841. The molecular formula is C14H26O3P+. The molecule has 0 heterocycles. The maximum atomic E-state index is 11.6. The molecule has 0 N–H and O–H groups in total. The molecule has 0 fully saturated rings. The van der Waals surface area contributed by atoms with Crippen LogP contribution >= 0.6 is 8.25 Å². The number of allylic oxidation sites excluding steroid dienone is 2. The summed E-state index contributed by atoms with van der Waals surface area (Å²) < 4.78 is 22.2. The first kappa shape index (κ1) is 17.5. The Bertz CT molecular complexity index is 283. The second kappa shape index (κ2) is 9.43. The average molecular weight is 273 g/mol. The summed E-state index contributed by atoms with van der Waals surface area (Å²) in [6.07, 6.45) is 5.49. The van der Waals surface area contributed by atoms with Crippen LogP contribution in [-0.2, 0) is 13.6 Å². The molecule has 0 saturated heterocycles. The van der Waals surface area contributed by atoms with Crippen molar-refractivity contribution in [2.45, 2.75) is 66.6 Å². The van der Waals surface area contributed by atoms with Crippen molar-refractivity contribution in [1.82, 2.24) is 0 Å². The van der Waals surface area contributed by atoms with Crippen LogP contribution in [0.2, 0.25) is 0 Å². The van der Waals surface area contributed by atoms with Crippen LogP contribution in [-0.4, -0.2) is 12.2 Å². The van der Waals surface area contributed by atoms with Gasteiger partial charge in [0.25, 0.3) is 0 Å². The summed E-state index contributed by atoms with van der Waals surface area (Å²) >= 11 is 0. The van der Waals surface area contributed by atoms with Gasteiger partial charge in [0.1, 0.15) is 12.2 Å². The molecule has 0 bridgehead atoms. The fourth-order valence-corrected chi connectivity index (χ4v) is 2.02. The van der Waals surface area contributed by atoms with Crippen molar-refractivity contribution in [3.8, 4) is 0 Å². The summed E-state index contributed by atoms with van der Waals surface area (Å²) in [5, 5.41) is 0. The molecule has 0 spiro atoms. The summed E-state index contributed by atoms with van der Waals surface area (Å²) in [6.45, 7) is 11.9. The molecule has 104 valence electrons. The van der Waals surface area contributed by atoms with Gasteiger partial charge in [-0.15, -0.1) is 9.05 Å². The van der Waals surface area contributed by atoms with E-state index >= 15 is 0 Å². The first-order chi connectivity index (χ1) is 8.31. The fraction of sp³-hybridized carbons (Fsp3) is 0.714. The highest BCUT2D eigenvalue weighted by molar-refractivity contribution is 7.33. The highest BCUT2D eigenvalue weighted by atomic mass is 31.1. The molecule has 0 amide bonds. The van der Waals surface area contributed by atoms with Gasteiger partial charge in [-0.05, 0) is 54.4 Å². The van der Waals surface area contributed by atoms with Crippen molar-refractivity contribution in [1.29, 1.82) is 0 Å². The normalized spacial score (nSPS) is 14.7. The maximum Gasteiger partial charge on any atom is 0.697 e. The molecule has 4 heteroatoms. The van der Waals surface area contributed by atoms with E-state index < -0.39 is 8.25 Å². The first-order valence-electron chi connectivity index (χ1n) is 6.38. The molecule has 0 aliphatic carbocycles. The van der Waals surface area contributed by atoms with Gasteiger partial charge in [-0.3, -0.25) is 0 Å². The van der Waals surface area contributed by atoms with Gasteiger partial charge in [0, 0.05) is 4.57 Å². The van der Waals surface area contributed by atoms with Gasteiger partial charge in [0.15, 0.2) is 0 Å². The summed E-state index contributed by atoms with van der Waals surface area (Å²) in [7, 11) is -2.03. The third-order valence-electron chi connectivity index (χ3n) is 2.25. The van der Waals surface area contributed by atoms with Gasteiger partial charge in [-0.25, -0.2) is 0 Å². The number of hydrogen-bond donors (Lipinski definition) is 0. The number of rotatable bonds is 8. The van der Waals surface area contributed by atoms with Crippen molar-refractivity contribution >= 4 is 8.25 Å². The van der Waals surface area contributed by atoms with Crippen LogP contribution < -0.4 is 0 Å². The van der Waals surface area contributed by atoms with Crippen LogP contribution in [0, 0.1) is 0 Å². The van der Waals surface area contributed by atoms with E-state index in [0.717, 1.165) is 12.8 Å². The quantitative estimate of drug-likeness (QED) is 0.452. The Morgan fingerprint density at radius 1 is 0.944 bits per heavy atom. The Labute approximate surface area is 112 Å². The van der Waals surface area contributed by atoms with Gasteiger partial charge >= 0.3 is 8.25 Å². The molecule has 0 aliphatic rings. The van der Waals surface area contributed by atoms with E-state index in [1.165, 1.54) is 11.1 Å². The van der Waals surface area contributed by atoms with Crippen LogP contribution in [0.4, 0.5) is 0 Å². The Morgan fingerprint density at radius 3 is 1.56 bits per heavy atom. The monoisotopic (exact) mass is 273 g/mol. The summed E-state index contributed by atoms with van der Waals surface area (Å²) in [5.74, 6) is 0. The lowest BCUT2D eigenvalue weighted by Crippen LogP contribution is -2.06. The third-order valence-corrected chi connectivity index (χ3v) is 3.31. The van der Waals surface area contributed by atoms with E-state index in [9.17, 15) is 4.57 Å². The van der Waals surface area contributed by atoms with Gasteiger partial charge in [0.2, 0.25) is 0 Å². The highest BCUT2D eigenvalue weighted by Gasteiger charge is 2.27. The molecule has 0 saturated carbocycles. The van der Waals surface area contributed by atoms with Crippen LogP contribution in [0.15, 0.2) is 23.3 Å². The van der Waals surface area contributed by atoms with E-state index in [0.29, 0.717) is 0 Å². The third kappa shape index (κ3) is 10.6. The van der Waals surface area contributed by atoms with E-state index in [4.69, 9.17) is 9.05 Å². The maximum absolute atomic E-state index is 11.6. The van der Waals surface area contributed by atoms with Gasteiger partial charge in [-0.1, -0.05) is 23.3 Å². The molecule has 18 heavy (non-hydrogen) atoms. The van der Waals surface area contributed by atoms with E-state index in [-0.39, 0.29) is 12.2 Å². The molecular weight excluding hydrogens is 247 g/mol. The van der Waals surface area contributed by atoms with E-state index in [1.54, 1.807) is 0 Å². The van der Waals surface area contributed by atoms with Crippen molar-refractivity contribution in [2.24, 2.45) is 0 Å². The predicted molar refractivity (Wildman–Crippen MR) is 76.8 cm³/mol. The molecule has 0 aromatic heterocycles. The lowest BCUT2D eigenvalue weighted by molar-refractivity contribution is 0.147. The van der Waals surface area contributed by atoms with E-state index in [2.05, 4.69) is 12.2 Å². The summed E-state index contributed by atoms with van der Waals surface area (Å²) in [5.41, 5.74) is 2.47. The molecule has 0 aliphatic heterocycles.